The van der Waals surface area contributed by atoms with Crippen LogP contribution in [0.4, 0.5) is 0 Å². The Hall–Kier alpha value is -2.84. The van der Waals surface area contributed by atoms with Crippen LogP contribution in [-0.4, -0.2) is 13.2 Å². The van der Waals surface area contributed by atoms with Crippen LogP contribution in [0, 0.1) is 0 Å². The van der Waals surface area contributed by atoms with E-state index in [1.807, 2.05) is 0 Å². The highest BCUT2D eigenvalue weighted by atomic mass is 28.3. The molecule has 158 valence electrons. The second-order valence-electron chi connectivity index (χ2n) is 8.80. The summed E-state index contributed by atoms with van der Waals surface area (Å²) >= 11 is 0. The second-order valence-corrected chi connectivity index (χ2v) is 12.8. The van der Waals surface area contributed by atoms with Gasteiger partial charge in [0.05, 0.1) is 0 Å². The lowest BCUT2D eigenvalue weighted by atomic mass is 9.95. The zero-order valence-corrected chi connectivity index (χ0v) is 19.8. The summed E-state index contributed by atoms with van der Waals surface area (Å²) in [5.41, 5.74) is 1.08. The van der Waals surface area contributed by atoms with Gasteiger partial charge in [-0.05, 0) is 38.3 Å². The molecule has 0 saturated heterocycles. The predicted octanol–water partition coefficient (Wildman–Crippen LogP) is 5.94. The molecule has 0 fully saturated rings. The first-order valence-electron chi connectivity index (χ1n) is 11.5. The first-order valence-corrected chi connectivity index (χ1v) is 13.7. The molecule has 0 amide bonds. The molecule has 4 aromatic rings. The van der Waals surface area contributed by atoms with Crippen molar-refractivity contribution < 1.29 is 5.11 Å². The van der Waals surface area contributed by atoms with Crippen LogP contribution in [0.25, 0.3) is 10.8 Å². The van der Waals surface area contributed by atoms with E-state index >= 15 is 0 Å². The molecule has 0 aliphatic rings. The van der Waals surface area contributed by atoms with Gasteiger partial charge in [-0.15, -0.1) is 0 Å². The number of hydrogen-bond acceptors (Lipinski definition) is 1. The molecular weight excluding hydrogens is 392 g/mol. The third-order valence-corrected chi connectivity index (χ3v) is 11.6. The van der Waals surface area contributed by atoms with Gasteiger partial charge >= 0.3 is 0 Å². The van der Waals surface area contributed by atoms with Gasteiger partial charge in [0.2, 0.25) is 0 Å². The van der Waals surface area contributed by atoms with Crippen molar-refractivity contribution in [2.45, 2.75) is 45.6 Å². The molecule has 0 atom stereocenters. The van der Waals surface area contributed by atoms with Crippen molar-refractivity contribution in [3.63, 3.8) is 0 Å². The number of fused-ring (bicyclic) bond motifs is 1. The Morgan fingerprint density at radius 1 is 0.774 bits per heavy atom. The Balaban J connectivity index is 2.14. The smallest absolute Gasteiger partial charge is 0.153 e. The molecule has 0 radical (unpaired) electrons. The minimum absolute atomic E-state index is 0.245. The molecule has 0 aliphatic carbocycles. The van der Waals surface area contributed by atoms with Crippen molar-refractivity contribution >= 4 is 34.4 Å². The van der Waals surface area contributed by atoms with E-state index in [1.165, 1.54) is 21.1 Å². The molecule has 0 heterocycles. The van der Waals surface area contributed by atoms with E-state index in [0.717, 1.165) is 29.6 Å². The summed E-state index contributed by atoms with van der Waals surface area (Å²) in [4.78, 5) is 0. The Labute approximate surface area is 187 Å². The van der Waals surface area contributed by atoms with Crippen LogP contribution in [0.15, 0.2) is 91.0 Å². The SMILES string of the molecule is CCCC[Si](c1ccccc1)(c1ccccc1)c1cc2ccccc2c(C(C)C)c1O. The van der Waals surface area contributed by atoms with Gasteiger partial charge in [-0.1, -0.05) is 125 Å². The molecule has 4 rings (SSSR count). The van der Waals surface area contributed by atoms with E-state index in [0.29, 0.717) is 5.75 Å². The van der Waals surface area contributed by atoms with Crippen LogP contribution in [0.2, 0.25) is 6.04 Å². The van der Waals surface area contributed by atoms with Gasteiger partial charge in [-0.25, -0.2) is 0 Å². The third-order valence-electron chi connectivity index (χ3n) is 6.54. The maximum absolute atomic E-state index is 11.8. The second kappa shape index (κ2) is 9.11. The largest absolute Gasteiger partial charge is 0.508 e. The van der Waals surface area contributed by atoms with E-state index in [4.69, 9.17) is 0 Å². The summed E-state index contributed by atoms with van der Waals surface area (Å²) in [7, 11) is -2.43. The van der Waals surface area contributed by atoms with Gasteiger partial charge in [-0.2, -0.15) is 0 Å². The van der Waals surface area contributed by atoms with Crippen molar-refractivity contribution in [1.82, 2.24) is 0 Å². The van der Waals surface area contributed by atoms with Crippen LogP contribution < -0.4 is 15.6 Å². The summed E-state index contributed by atoms with van der Waals surface area (Å²) in [5, 5.41) is 18.1. The lowest BCUT2D eigenvalue weighted by Crippen LogP contribution is -2.67. The van der Waals surface area contributed by atoms with Crippen LogP contribution in [0.1, 0.15) is 45.1 Å². The highest BCUT2D eigenvalue weighted by Crippen LogP contribution is 2.34. The number of phenols is 1. The summed E-state index contributed by atoms with van der Waals surface area (Å²) in [6, 6.07) is 33.8. The van der Waals surface area contributed by atoms with Gasteiger partial charge in [0.15, 0.2) is 8.07 Å². The Morgan fingerprint density at radius 3 is 1.87 bits per heavy atom. The van der Waals surface area contributed by atoms with Crippen molar-refractivity contribution in [3.05, 3.63) is 96.6 Å². The topological polar surface area (TPSA) is 20.2 Å². The van der Waals surface area contributed by atoms with E-state index < -0.39 is 8.07 Å². The minimum Gasteiger partial charge on any atom is -0.508 e. The number of aromatic hydroxyl groups is 1. The molecule has 0 aromatic heterocycles. The van der Waals surface area contributed by atoms with Crippen molar-refractivity contribution in [2.24, 2.45) is 0 Å². The molecule has 0 spiro atoms. The standard InChI is InChI=1S/C29H32OSi/c1-4-5-20-31(24-15-8-6-9-16-24,25-17-10-7-11-18-25)27-21-23-14-12-13-19-26(23)28(22(2)3)29(27)30/h6-19,21-22,30H,4-5,20H2,1-3H3. The van der Waals surface area contributed by atoms with Crippen molar-refractivity contribution in [2.75, 3.05) is 0 Å². The number of phenolic OH excluding ortho intramolecular Hbond substituents is 1. The van der Waals surface area contributed by atoms with Gasteiger partial charge in [0, 0.05) is 5.56 Å². The maximum atomic E-state index is 11.8. The average molecular weight is 425 g/mol. The van der Waals surface area contributed by atoms with Crippen molar-refractivity contribution in [1.29, 1.82) is 0 Å². The molecule has 1 nitrogen and oxygen atoms in total. The summed E-state index contributed by atoms with van der Waals surface area (Å²) in [6.45, 7) is 6.63. The Morgan fingerprint density at radius 2 is 1.32 bits per heavy atom. The van der Waals surface area contributed by atoms with E-state index in [1.54, 1.807) is 0 Å². The van der Waals surface area contributed by atoms with E-state index in [-0.39, 0.29) is 5.92 Å². The number of unbranched alkanes of at least 4 members (excludes halogenated alkanes) is 1. The molecule has 31 heavy (non-hydrogen) atoms. The van der Waals surface area contributed by atoms with E-state index in [2.05, 4.69) is 112 Å². The average Bonchev–Trinajstić information content (AvgIpc) is 2.81. The zero-order valence-electron chi connectivity index (χ0n) is 18.8. The predicted molar refractivity (Wildman–Crippen MR) is 137 cm³/mol. The number of hydrogen-bond donors (Lipinski definition) is 1. The van der Waals surface area contributed by atoms with Gasteiger partial charge in [0.25, 0.3) is 0 Å². The highest BCUT2D eigenvalue weighted by molar-refractivity contribution is 7.12. The van der Waals surface area contributed by atoms with Gasteiger partial charge in [-0.3, -0.25) is 0 Å². The quantitative estimate of drug-likeness (QED) is 0.288. The van der Waals surface area contributed by atoms with Crippen LogP contribution >= 0.6 is 0 Å². The van der Waals surface area contributed by atoms with Crippen molar-refractivity contribution in [3.8, 4) is 5.75 Å². The number of benzene rings is 4. The van der Waals surface area contributed by atoms with Crippen LogP contribution in [-0.2, 0) is 0 Å². The monoisotopic (exact) mass is 424 g/mol. The fourth-order valence-electron chi connectivity index (χ4n) is 5.06. The summed E-state index contributed by atoms with van der Waals surface area (Å²) in [5.74, 6) is 0.749. The fraction of sp³-hybridized carbons (Fsp3) is 0.241. The van der Waals surface area contributed by atoms with E-state index in [9.17, 15) is 5.11 Å². The molecule has 0 saturated carbocycles. The summed E-state index contributed by atoms with van der Waals surface area (Å²) < 4.78 is 0. The molecular formula is C29H32OSi. The molecule has 0 aliphatic heterocycles. The lowest BCUT2D eigenvalue weighted by Gasteiger charge is -2.35. The van der Waals surface area contributed by atoms with Crippen LogP contribution in [0.5, 0.6) is 5.75 Å². The highest BCUT2D eigenvalue weighted by Gasteiger charge is 2.41. The molecule has 1 N–H and O–H groups in total. The third kappa shape index (κ3) is 3.81. The molecule has 4 aromatic carbocycles. The Kier molecular flexibility index (Phi) is 6.29. The maximum Gasteiger partial charge on any atom is 0.153 e. The molecule has 0 bridgehead atoms. The normalized spacial score (nSPS) is 11.9. The Bertz CT molecular complexity index is 1110. The van der Waals surface area contributed by atoms with Crippen LogP contribution in [0.3, 0.4) is 0 Å². The van der Waals surface area contributed by atoms with Gasteiger partial charge in [0.1, 0.15) is 5.75 Å². The summed E-state index contributed by atoms with van der Waals surface area (Å²) in [6.07, 6.45) is 2.28. The first kappa shape index (κ1) is 21.4. The van der Waals surface area contributed by atoms with Gasteiger partial charge < -0.3 is 5.11 Å². The molecule has 0 unspecified atom stereocenters. The first-order chi connectivity index (χ1) is 15.1. The molecule has 2 heteroatoms. The minimum atomic E-state index is -2.43. The lowest BCUT2D eigenvalue weighted by molar-refractivity contribution is 0.470. The zero-order chi connectivity index (χ0) is 21.8. The fourth-order valence-corrected chi connectivity index (χ4v) is 10.2. The number of rotatable bonds is 7.